The molecule has 0 radical (unpaired) electrons. The topological polar surface area (TPSA) is 348 Å². The number of aromatic hydroxyl groups is 8. The van der Waals surface area contributed by atoms with E-state index in [2.05, 4.69) is 9.80 Å². The van der Waals surface area contributed by atoms with Crippen molar-refractivity contribution in [3.05, 3.63) is 237 Å². The van der Waals surface area contributed by atoms with E-state index in [1.165, 1.54) is 54.6 Å². The first-order valence-electron chi connectivity index (χ1n) is 33.5. The van der Waals surface area contributed by atoms with E-state index in [0.29, 0.717) is 114 Å². The fraction of sp³-hybridized carbons (Fsp3) is 0.360. The molecule has 109 heavy (non-hydrogen) atoms. The van der Waals surface area contributed by atoms with Gasteiger partial charge in [-0.05, 0) is 129 Å². The van der Waals surface area contributed by atoms with Gasteiger partial charge in [-0.15, -0.1) is 0 Å². The molecule has 0 bridgehead atoms. The summed E-state index contributed by atoms with van der Waals surface area (Å²) in [5, 5.41) is 145. The van der Waals surface area contributed by atoms with E-state index in [1.807, 2.05) is 62.6 Å². The van der Waals surface area contributed by atoms with E-state index in [1.54, 1.807) is 46.2 Å². The standard InChI is InChI=1S/C31H27Cl7N2O4.C24H36N2O4.C20H26N4O8.3Ti/c1-16-4-17(28(41)24(35)5-16)12-39(13-18-6-21(32)9-25(36)29(18)42)2-3-40(14-19-7-22(33)10-26(37)30(19)43)15-20-8-23(34)11-27(38)31(20)44;1-17-11-21(23(29)13-19(17)3)15-25(7-9-27)5-6-26(8-10-28)16-22-12-18(2)20(4)14-24(22)30;25-9-7-21(13-15-11-17(23(29)30)1-3-19(15)27)5-6-22(8-10-26)14-16-12-18(24(31)32)2-4-20(16)28;;;/h4-11,41-44H,2-3,12-15H2,1H3;11-14,27-30H,5-10,15-16H2,1-4H3;1-4,11-12,25-28H,5-10,13-14H2;;;/q;;;3*+2. The Balaban J connectivity index is 0.000000428. The molecule has 0 saturated carbocycles. The normalized spacial score (nSPS) is 11.2. The third-order valence-corrected chi connectivity index (χ3v) is 19.4. The Kier molecular flexibility index (Phi) is 43.2. The first kappa shape index (κ1) is 97.9. The smallest absolute Gasteiger partial charge is 0.508 e. The molecule has 0 aromatic heterocycles. The van der Waals surface area contributed by atoms with Crippen molar-refractivity contribution >= 4 is 92.6 Å². The molecule has 580 valence electrons. The van der Waals surface area contributed by atoms with Crippen molar-refractivity contribution in [2.75, 3.05) is 91.9 Å². The number of halogens is 7. The zero-order valence-electron chi connectivity index (χ0n) is 60.7. The van der Waals surface area contributed by atoms with Crippen LogP contribution in [-0.2, 0) is 118 Å². The van der Waals surface area contributed by atoms with Gasteiger partial charge in [-0.25, -0.2) is 0 Å². The van der Waals surface area contributed by atoms with Crippen LogP contribution in [0, 0.1) is 54.8 Å². The van der Waals surface area contributed by atoms with Gasteiger partial charge < -0.3 is 61.3 Å². The molecule has 12 N–H and O–H groups in total. The van der Waals surface area contributed by atoms with Gasteiger partial charge in [-0.3, -0.25) is 49.6 Å². The summed E-state index contributed by atoms with van der Waals surface area (Å²) in [6.07, 6.45) is 0. The molecule has 0 spiro atoms. The summed E-state index contributed by atoms with van der Waals surface area (Å²) < 4.78 is 0. The van der Waals surface area contributed by atoms with Crippen LogP contribution in [0.5, 0.6) is 46.0 Å². The van der Waals surface area contributed by atoms with Gasteiger partial charge >= 0.3 is 65.2 Å². The number of aliphatic hydroxyl groups is 4. The van der Waals surface area contributed by atoms with Crippen LogP contribution in [0.1, 0.15) is 72.3 Å². The predicted molar refractivity (Wildman–Crippen MR) is 415 cm³/mol. The monoisotopic (exact) mass is 1750 g/mol. The Labute approximate surface area is 713 Å². The number of hydrogen-bond donors (Lipinski definition) is 12. The number of nitro groups is 2. The predicted octanol–water partition coefficient (Wildman–Crippen LogP) is 13.9. The third-order valence-electron chi connectivity index (χ3n) is 17.6. The molecule has 0 amide bonds. The van der Waals surface area contributed by atoms with E-state index in [9.17, 15) is 81.5 Å². The molecule has 0 fully saturated rings. The van der Waals surface area contributed by atoms with Crippen LogP contribution in [-0.4, -0.2) is 192 Å². The van der Waals surface area contributed by atoms with Gasteiger partial charge in [0.15, 0.2) is 0 Å². The van der Waals surface area contributed by atoms with Gasteiger partial charge in [0.05, 0.1) is 56.4 Å². The summed E-state index contributed by atoms with van der Waals surface area (Å²) >= 11 is 43.6. The van der Waals surface area contributed by atoms with Crippen LogP contribution in [0.3, 0.4) is 0 Å². The maximum atomic E-state index is 11.0. The molecule has 0 aliphatic rings. The number of nitro benzene ring substituents is 2. The van der Waals surface area contributed by atoms with Crippen molar-refractivity contribution < 1.29 is 136 Å². The first-order valence-corrected chi connectivity index (χ1v) is 36.1. The molecule has 0 aliphatic carbocycles. The second kappa shape index (κ2) is 48.1. The number of phenolic OH excluding ortho intramolecular Hbond substituents is 8. The SMILES string of the molecule is Cc1cc(Cl)c(O)c(CN(CCN(Cc2cc(Cl)cc(Cl)c2O)Cc2cc(Cl)cc(Cl)c2O)Cc2cc(Cl)cc(Cl)c2O)c1.Cc1cc(O)c(CN(CCO)CCN(CCO)Cc2cc(C)c(C)cc2O)cc1C.O=[N+]([O-])c1ccc(O)c(CN(CCO)CCN(CCO)Cc2cc([N+](=O)[O-])ccc2O)c1.[Ti+2].[Ti+2].[Ti+2]. The Morgan fingerprint density at radius 3 is 0.807 bits per heavy atom. The van der Waals surface area contributed by atoms with Gasteiger partial charge in [0.1, 0.15) is 46.0 Å². The van der Waals surface area contributed by atoms with Crippen molar-refractivity contribution in [1.82, 2.24) is 29.4 Å². The maximum absolute atomic E-state index is 11.0. The molecule has 0 unspecified atom stereocenters. The second-order valence-corrected chi connectivity index (χ2v) is 28.6. The van der Waals surface area contributed by atoms with Crippen LogP contribution >= 0.6 is 81.2 Å². The zero-order valence-corrected chi connectivity index (χ0v) is 70.6. The molecular weight excluding hydrogens is 1660 g/mol. The van der Waals surface area contributed by atoms with E-state index in [0.717, 1.165) is 38.9 Å². The Bertz CT molecular complexity index is 3930. The van der Waals surface area contributed by atoms with Crippen LogP contribution in [0.2, 0.25) is 35.2 Å². The third kappa shape index (κ3) is 30.9. The Hall–Kier alpha value is -5.27. The summed E-state index contributed by atoms with van der Waals surface area (Å²) in [7, 11) is 0. The minimum Gasteiger partial charge on any atom is -0.508 e. The largest absolute Gasteiger partial charge is 2.00 e. The van der Waals surface area contributed by atoms with Gasteiger partial charge in [0.25, 0.3) is 11.4 Å². The van der Waals surface area contributed by atoms with E-state index < -0.39 is 9.85 Å². The van der Waals surface area contributed by atoms with Crippen LogP contribution in [0.25, 0.3) is 0 Å². The van der Waals surface area contributed by atoms with E-state index in [4.69, 9.17) is 81.2 Å². The summed E-state index contributed by atoms with van der Waals surface area (Å²) in [5.74, 6) is -0.0693. The molecule has 24 nitrogen and oxygen atoms in total. The summed E-state index contributed by atoms with van der Waals surface area (Å²) in [6.45, 7) is 15.9. The average molecular weight is 1750 g/mol. The molecule has 8 aromatic carbocycles. The number of hydrogen-bond acceptors (Lipinski definition) is 22. The molecular formula is C75H89Cl7N8O16Ti3+6. The van der Waals surface area contributed by atoms with Crippen LogP contribution in [0.4, 0.5) is 11.4 Å². The molecule has 0 aliphatic heterocycles. The molecule has 0 heterocycles. The number of rotatable bonds is 35. The molecule has 34 heteroatoms. The Morgan fingerprint density at radius 2 is 0.532 bits per heavy atom. The van der Waals surface area contributed by atoms with Crippen molar-refractivity contribution in [3.63, 3.8) is 0 Å². The minimum atomic E-state index is -0.562. The number of aryl methyl sites for hydroxylation is 5. The van der Waals surface area contributed by atoms with Crippen LogP contribution < -0.4 is 0 Å². The van der Waals surface area contributed by atoms with Crippen molar-refractivity contribution in [2.45, 2.75) is 87.0 Å². The molecule has 0 atom stereocenters. The van der Waals surface area contributed by atoms with Crippen molar-refractivity contribution in [1.29, 1.82) is 0 Å². The first-order chi connectivity index (χ1) is 50.2. The van der Waals surface area contributed by atoms with E-state index >= 15 is 0 Å². The number of phenols is 8. The van der Waals surface area contributed by atoms with E-state index in [-0.39, 0.29) is 221 Å². The van der Waals surface area contributed by atoms with Gasteiger partial charge in [-0.1, -0.05) is 99.4 Å². The minimum absolute atomic E-state index is 0. The molecule has 0 saturated heterocycles. The molecule has 8 rings (SSSR count). The number of non-ortho nitro benzene ring substituents is 2. The van der Waals surface area contributed by atoms with Crippen molar-refractivity contribution in [3.8, 4) is 46.0 Å². The Morgan fingerprint density at radius 1 is 0.294 bits per heavy atom. The molecule has 8 aromatic rings. The fourth-order valence-corrected chi connectivity index (χ4v) is 13.5. The summed E-state index contributed by atoms with van der Waals surface area (Å²) in [6, 6.07) is 27.6. The fourth-order valence-electron chi connectivity index (χ4n) is 11.6. The van der Waals surface area contributed by atoms with Gasteiger partial charge in [0, 0.05) is 202 Å². The quantitative estimate of drug-likeness (QED) is 0.00997. The summed E-state index contributed by atoms with van der Waals surface area (Å²) in [5.41, 5.74) is 9.20. The number of nitrogens with zero attached hydrogens (tertiary/aromatic N) is 8. The average Bonchev–Trinajstić information content (AvgIpc) is 0.816. The van der Waals surface area contributed by atoms with Gasteiger partial charge in [-0.2, -0.15) is 0 Å². The van der Waals surface area contributed by atoms with Crippen molar-refractivity contribution in [2.24, 2.45) is 0 Å². The van der Waals surface area contributed by atoms with Gasteiger partial charge in [0.2, 0.25) is 0 Å². The number of aliphatic hydroxyl groups excluding tert-OH is 4. The zero-order chi connectivity index (χ0) is 78.2. The summed E-state index contributed by atoms with van der Waals surface area (Å²) in [4.78, 5) is 32.5. The van der Waals surface area contributed by atoms with Crippen LogP contribution in [0.15, 0.2) is 109 Å². The maximum Gasteiger partial charge on any atom is 2.00 e. The number of benzene rings is 8. The second-order valence-electron chi connectivity index (χ2n) is 25.6.